The molecule has 1 heterocycles. The third-order valence-electron chi connectivity index (χ3n) is 3.91. The molecule has 5 atom stereocenters. The van der Waals surface area contributed by atoms with Gasteiger partial charge in [0.1, 0.15) is 0 Å². The fraction of sp³-hybridized carbons (Fsp3) is 0.571. The molecule has 0 spiro atoms. The van der Waals surface area contributed by atoms with Crippen LogP contribution in [0.15, 0.2) is 27.1 Å². The monoisotopic (exact) mass is 394 g/mol. The van der Waals surface area contributed by atoms with Gasteiger partial charge in [-0.05, 0) is 43.5 Å². The lowest BCUT2D eigenvalue weighted by Gasteiger charge is -2.25. The van der Waals surface area contributed by atoms with Crippen LogP contribution in [0.1, 0.15) is 31.7 Å². The van der Waals surface area contributed by atoms with Crippen molar-refractivity contribution >= 4 is 43.5 Å². The number of rotatable bonds is 2. The molecule has 1 fully saturated rings. The van der Waals surface area contributed by atoms with Crippen LogP contribution in [0.4, 0.5) is 0 Å². The number of halogens is 3. The van der Waals surface area contributed by atoms with Crippen LogP contribution < -0.4 is 0 Å². The van der Waals surface area contributed by atoms with Crippen molar-refractivity contribution in [1.82, 2.24) is 0 Å². The lowest BCUT2D eigenvalue weighted by atomic mass is 9.84. The van der Waals surface area contributed by atoms with Crippen LogP contribution in [0, 0.1) is 11.8 Å². The van der Waals surface area contributed by atoms with Crippen LogP contribution in [0.5, 0.6) is 0 Å². The smallest absolute Gasteiger partial charge is 0.0652 e. The Morgan fingerprint density at radius 2 is 1.83 bits per heavy atom. The zero-order valence-corrected chi connectivity index (χ0v) is 14.6. The molecule has 1 nitrogen and oxygen atoms in total. The molecule has 100 valence electrons. The third-order valence-corrected chi connectivity index (χ3v) is 5.65. The molecular weight excluding hydrogens is 379 g/mol. The summed E-state index contributed by atoms with van der Waals surface area (Å²) in [5, 5.41) is -0.0353. The SMILES string of the molecule is CC1OC(C)C(C(Cl)c2cc(Br)ccc2Br)C1C. The lowest BCUT2D eigenvalue weighted by molar-refractivity contribution is 0.0508. The zero-order valence-electron chi connectivity index (χ0n) is 10.7. The largest absolute Gasteiger partial charge is 0.375 e. The van der Waals surface area contributed by atoms with Gasteiger partial charge in [0, 0.05) is 14.9 Å². The van der Waals surface area contributed by atoms with Crippen molar-refractivity contribution in [2.24, 2.45) is 11.8 Å². The molecule has 1 aromatic carbocycles. The predicted octanol–water partition coefficient (Wildman–Crippen LogP) is 5.55. The Balaban J connectivity index is 2.30. The van der Waals surface area contributed by atoms with E-state index in [1.165, 1.54) is 0 Å². The lowest BCUT2D eigenvalue weighted by Crippen LogP contribution is -2.22. The molecule has 0 N–H and O–H groups in total. The van der Waals surface area contributed by atoms with Crippen LogP contribution in [-0.2, 0) is 4.74 Å². The maximum absolute atomic E-state index is 6.71. The van der Waals surface area contributed by atoms with Gasteiger partial charge in [0.25, 0.3) is 0 Å². The first-order chi connectivity index (χ1) is 8.41. The standard InChI is InChI=1S/C14H17Br2ClO/c1-7-8(2)18-9(3)13(7)14(17)11-6-10(15)4-5-12(11)16/h4-9,13-14H,1-3H3. The quantitative estimate of drug-likeness (QED) is 0.596. The van der Waals surface area contributed by atoms with E-state index in [0.29, 0.717) is 11.8 Å². The van der Waals surface area contributed by atoms with Crippen molar-refractivity contribution in [3.63, 3.8) is 0 Å². The van der Waals surface area contributed by atoms with Crippen LogP contribution in [0.2, 0.25) is 0 Å². The highest BCUT2D eigenvalue weighted by Crippen LogP contribution is 2.46. The Morgan fingerprint density at radius 3 is 2.39 bits per heavy atom. The first-order valence-electron chi connectivity index (χ1n) is 6.16. The van der Waals surface area contributed by atoms with E-state index in [0.717, 1.165) is 14.5 Å². The third kappa shape index (κ3) is 2.79. The van der Waals surface area contributed by atoms with E-state index in [2.05, 4.69) is 58.7 Å². The number of hydrogen-bond donors (Lipinski definition) is 0. The second-order valence-electron chi connectivity index (χ2n) is 5.05. The Hall–Kier alpha value is 0.430. The summed E-state index contributed by atoms with van der Waals surface area (Å²) in [5.74, 6) is 0.806. The molecule has 0 radical (unpaired) electrons. The van der Waals surface area contributed by atoms with Crippen LogP contribution in [-0.4, -0.2) is 12.2 Å². The van der Waals surface area contributed by atoms with Gasteiger partial charge in [-0.1, -0.05) is 38.8 Å². The van der Waals surface area contributed by atoms with Gasteiger partial charge in [0.2, 0.25) is 0 Å². The molecule has 0 saturated carbocycles. The van der Waals surface area contributed by atoms with E-state index in [4.69, 9.17) is 16.3 Å². The molecule has 1 aliphatic rings. The fourth-order valence-corrected chi connectivity index (χ4v) is 4.35. The summed E-state index contributed by atoms with van der Waals surface area (Å²) >= 11 is 13.8. The molecule has 1 aromatic rings. The summed E-state index contributed by atoms with van der Waals surface area (Å²) in [5.41, 5.74) is 1.13. The fourth-order valence-electron chi connectivity index (χ4n) is 2.73. The first-order valence-corrected chi connectivity index (χ1v) is 8.18. The van der Waals surface area contributed by atoms with Crippen molar-refractivity contribution in [1.29, 1.82) is 0 Å². The average molecular weight is 397 g/mol. The highest BCUT2D eigenvalue weighted by molar-refractivity contribution is 9.11. The summed E-state index contributed by atoms with van der Waals surface area (Å²) < 4.78 is 8.00. The molecule has 1 saturated heterocycles. The van der Waals surface area contributed by atoms with E-state index in [9.17, 15) is 0 Å². The molecule has 5 unspecified atom stereocenters. The maximum Gasteiger partial charge on any atom is 0.0652 e. The average Bonchev–Trinajstić information content (AvgIpc) is 2.56. The highest BCUT2D eigenvalue weighted by Gasteiger charge is 2.41. The Bertz CT molecular complexity index is 438. The molecule has 4 heteroatoms. The van der Waals surface area contributed by atoms with Crippen molar-refractivity contribution in [2.75, 3.05) is 0 Å². The molecule has 18 heavy (non-hydrogen) atoms. The van der Waals surface area contributed by atoms with Gasteiger partial charge in [0.15, 0.2) is 0 Å². The van der Waals surface area contributed by atoms with Crippen molar-refractivity contribution in [3.8, 4) is 0 Å². The van der Waals surface area contributed by atoms with Gasteiger partial charge in [0.05, 0.1) is 17.6 Å². The predicted molar refractivity (Wildman–Crippen MR) is 83.1 cm³/mol. The second-order valence-corrected chi connectivity index (χ2v) is 7.29. The topological polar surface area (TPSA) is 9.23 Å². The number of benzene rings is 1. The van der Waals surface area contributed by atoms with E-state index in [1.54, 1.807) is 0 Å². The van der Waals surface area contributed by atoms with Gasteiger partial charge < -0.3 is 4.74 Å². The van der Waals surface area contributed by atoms with Crippen molar-refractivity contribution in [2.45, 2.75) is 38.4 Å². The molecule has 1 aliphatic heterocycles. The number of hydrogen-bond acceptors (Lipinski definition) is 1. The summed E-state index contributed by atoms with van der Waals surface area (Å²) in [6.07, 6.45) is 0.473. The van der Waals surface area contributed by atoms with E-state index >= 15 is 0 Å². The van der Waals surface area contributed by atoms with Crippen LogP contribution in [0.25, 0.3) is 0 Å². The van der Waals surface area contributed by atoms with E-state index in [-0.39, 0.29) is 17.6 Å². The van der Waals surface area contributed by atoms with Gasteiger partial charge in [-0.2, -0.15) is 0 Å². The van der Waals surface area contributed by atoms with Gasteiger partial charge in [-0.25, -0.2) is 0 Å². The highest BCUT2D eigenvalue weighted by atomic mass is 79.9. The minimum absolute atomic E-state index is 0.0353. The summed E-state index contributed by atoms with van der Waals surface area (Å²) in [4.78, 5) is 0. The van der Waals surface area contributed by atoms with Gasteiger partial charge in [-0.3, -0.25) is 0 Å². The molecule has 0 bridgehead atoms. The van der Waals surface area contributed by atoms with Gasteiger partial charge in [-0.15, -0.1) is 11.6 Å². The van der Waals surface area contributed by atoms with Crippen LogP contribution in [0.3, 0.4) is 0 Å². The zero-order chi connectivity index (χ0) is 13.4. The normalized spacial score (nSPS) is 33.7. The minimum atomic E-state index is -0.0353. The van der Waals surface area contributed by atoms with Crippen LogP contribution >= 0.6 is 43.5 Å². The Kier molecular flexibility index (Phi) is 4.80. The molecule has 0 aliphatic carbocycles. The summed E-state index contributed by atoms with van der Waals surface area (Å²) in [6.45, 7) is 6.47. The molecule has 0 amide bonds. The number of alkyl halides is 1. The van der Waals surface area contributed by atoms with Gasteiger partial charge >= 0.3 is 0 Å². The van der Waals surface area contributed by atoms with Crippen molar-refractivity contribution in [3.05, 3.63) is 32.7 Å². The number of ether oxygens (including phenoxy) is 1. The van der Waals surface area contributed by atoms with E-state index in [1.807, 2.05) is 12.1 Å². The molecule has 0 aromatic heterocycles. The van der Waals surface area contributed by atoms with Crippen molar-refractivity contribution < 1.29 is 4.74 Å². The second kappa shape index (κ2) is 5.82. The van der Waals surface area contributed by atoms with E-state index < -0.39 is 0 Å². The molecule has 2 rings (SSSR count). The Labute approximate surface area is 130 Å². The first kappa shape index (κ1) is 14.8. The Morgan fingerprint density at radius 1 is 1.17 bits per heavy atom. The summed E-state index contributed by atoms with van der Waals surface area (Å²) in [7, 11) is 0. The molecular formula is C14H17Br2ClO. The maximum atomic E-state index is 6.71. The minimum Gasteiger partial charge on any atom is -0.375 e. The summed E-state index contributed by atoms with van der Waals surface area (Å²) in [6, 6.07) is 6.13.